The van der Waals surface area contributed by atoms with Gasteiger partial charge in [0.05, 0.1) is 12.7 Å². The van der Waals surface area contributed by atoms with Crippen molar-refractivity contribution in [1.29, 1.82) is 0 Å². The van der Waals surface area contributed by atoms with Crippen LogP contribution in [0.2, 0.25) is 5.02 Å². The van der Waals surface area contributed by atoms with Gasteiger partial charge in [0.1, 0.15) is 12.4 Å². The Labute approximate surface area is 119 Å². The molecule has 0 fully saturated rings. The second-order valence-electron chi connectivity index (χ2n) is 4.17. The largest absolute Gasteiger partial charge is 0.491 e. The summed E-state index contributed by atoms with van der Waals surface area (Å²) in [6.45, 7) is 3.98. The first kappa shape index (κ1) is 16.2. The highest BCUT2D eigenvalue weighted by Crippen LogP contribution is 2.28. The van der Waals surface area contributed by atoms with Crippen molar-refractivity contribution < 1.29 is 19.3 Å². The third kappa shape index (κ3) is 6.25. The zero-order chi connectivity index (χ0) is 14.1. The van der Waals surface area contributed by atoms with E-state index >= 15 is 0 Å². The van der Waals surface area contributed by atoms with E-state index < -0.39 is 6.10 Å². The summed E-state index contributed by atoms with van der Waals surface area (Å²) in [6, 6.07) is 5.21. The lowest BCUT2D eigenvalue weighted by molar-refractivity contribution is 0.0795. The lowest BCUT2D eigenvalue weighted by Gasteiger charge is -2.14. The Morgan fingerprint density at radius 3 is 2.68 bits per heavy atom. The van der Waals surface area contributed by atoms with E-state index in [0.717, 1.165) is 6.42 Å². The highest BCUT2D eigenvalue weighted by atomic mass is 35.5. The Bertz CT molecular complexity index is 368. The van der Waals surface area contributed by atoms with E-state index in [4.69, 9.17) is 25.8 Å². The van der Waals surface area contributed by atoms with Gasteiger partial charge in [-0.2, -0.15) is 0 Å². The number of aliphatic hydroxyl groups is 1. The third-order valence-corrected chi connectivity index (χ3v) is 2.78. The Balaban J connectivity index is 2.33. The Morgan fingerprint density at radius 2 is 2.00 bits per heavy atom. The summed E-state index contributed by atoms with van der Waals surface area (Å²) in [5.41, 5.74) is 0.687. The Morgan fingerprint density at radius 1 is 1.21 bits per heavy atom. The average Bonchev–Trinajstić information content (AvgIpc) is 2.39. The highest BCUT2D eigenvalue weighted by Gasteiger charge is 2.09. The number of methoxy groups -OCH3 is 1. The van der Waals surface area contributed by atoms with Gasteiger partial charge >= 0.3 is 0 Å². The minimum atomic E-state index is -0.615. The summed E-state index contributed by atoms with van der Waals surface area (Å²) in [5.74, 6) is 0.639. The molecule has 1 rings (SSSR count). The average molecular weight is 289 g/mol. The molecule has 5 heteroatoms. The predicted octanol–water partition coefficient (Wildman–Crippen LogP) is 2.83. The molecule has 1 aromatic rings. The van der Waals surface area contributed by atoms with Gasteiger partial charge in [-0.15, -0.1) is 0 Å². The first-order valence-electron chi connectivity index (χ1n) is 6.32. The Hall–Kier alpha value is -0.810. The fraction of sp³-hybridized carbons (Fsp3) is 0.571. The van der Waals surface area contributed by atoms with Crippen LogP contribution >= 0.6 is 11.6 Å². The summed E-state index contributed by atoms with van der Waals surface area (Å²) in [7, 11) is 1.67. The SMILES string of the molecule is COCCCOCCOc1ccc(Cl)cc1[C@@H](C)O. The molecular formula is C14H21ClO4. The third-order valence-electron chi connectivity index (χ3n) is 2.54. The summed E-state index contributed by atoms with van der Waals surface area (Å²) in [4.78, 5) is 0. The standard InChI is InChI=1S/C14H21ClO4/c1-11(16)13-10-12(15)4-5-14(13)19-9-8-18-7-3-6-17-2/h4-5,10-11,16H,3,6-9H2,1-2H3/t11-/m1/s1. The van der Waals surface area contributed by atoms with Gasteiger partial charge in [-0.1, -0.05) is 11.6 Å². The number of rotatable bonds is 9. The molecule has 0 bridgehead atoms. The fourth-order valence-corrected chi connectivity index (χ4v) is 1.78. The molecule has 19 heavy (non-hydrogen) atoms. The second-order valence-corrected chi connectivity index (χ2v) is 4.60. The van der Waals surface area contributed by atoms with Crippen molar-refractivity contribution in [1.82, 2.24) is 0 Å². The van der Waals surface area contributed by atoms with Gasteiger partial charge in [0.2, 0.25) is 0 Å². The maximum atomic E-state index is 9.65. The normalized spacial score (nSPS) is 12.4. The molecule has 0 spiro atoms. The van der Waals surface area contributed by atoms with Crippen LogP contribution in [0, 0.1) is 0 Å². The van der Waals surface area contributed by atoms with Crippen molar-refractivity contribution in [3.63, 3.8) is 0 Å². The summed E-state index contributed by atoms with van der Waals surface area (Å²) in [5, 5.41) is 10.2. The first-order chi connectivity index (χ1) is 9.15. The molecule has 0 aromatic heterocycles. The van der Waals surface area contributed by atoms with E-state index in [1.54, 1.807) is 32.2 Å². The number of hydrogen-bond donors (Lipinski definition) is 1. The van der Waals surface area contributed by atoms with Crippen LogP contribution in [-0.2, 0) is 9.47 Å². The van der Waals surface area contributed by atoms with Crippen LogP contribution in [0.25, 0.3) is 0 Å². The van der Waals surface area contributed by atoms with Crippen molar-refractivity contribution >= 4 is 11.6 Å². The maximum absolute atomic E-state index is 9.65. The lowest BCUT2D eigenvalue weighted by atomic mass is 10.1. The molecule has 0 aliphatic rings. The molecule has 0 heterocycles. The molecule has 0 amide bonds. The molecule has 1 aromatic carbocycles. The molecule has 0 saturated carbocycles. The van der Waals surface area contributed by atoms with Gasteiger partial charge in [-0.25, -0.2) is 0 Å². The van der Waals surface area contributed by atoms with Crippen molar-refractivity contribution in [2.45, 2.75) is 19.4 Å². The molecule has 0 aliphatic carbocycles. The highest BCUT2D eigenvalue weighted by molar-refractivity contribution is 6.30. The second kappa shape index (κ2) is 9.15. The molecule has 108 valence electrons. The van der Waals surface area contributed by atoms with E-state index in [-0.39, 0.29) is 0 Å². The molecule has 0 unspecified atom stereocenters. The topological polar surface area (TPSA) is 47.9 Å². The maximum Gasteiger partial charge on any atom is 0.125 e. The number of halogens is 1. The van der Waals surface area contributed by atoms with Crippen LogP contribution in [0.15, 0.2) is 18.2 Å². The number of aliphatic hydroxyl groups excluding tert-OH is 1. The summed E-state index contributed by atoms with van der Waals surface area (Å²) < 4.78 is 15.9. The quantitative estimate of drug-likeness (QED) is 0.710. The van der Waals surface area contributed by atoms with E-state index in [9.17, 15) is 5.11 Å². The Kier molecular flexibility index (Phi) is 7.82. The van der Waals surface area contributed by atoms with E-state index in [0.29, 0.717) is 42.8 Å². The van der Waals surface area contributed by atoms with Gasteiger partial charge in [0, 0.05) is 30.9 Å². The van der Waals surface area contributed by atoms with Crippen molar-refractivity contribution in [3.05, 3.63) is 28.8 Å². The van der Waals surface area contributed by atoms with Gasteiger partial charge in [-0.05, 0) is 31.5 Å². The molecule has 4 nitrogen and oxygen atoms in total. The number of ether oxygens (including phenoxy) is 3. The van der Waals surface area contributed by atoms with Gasteiger partial charge in [0.25, 0.3) is 0 Å². The number of benzene rings is 1. The molecule has 0 aliphatic heterocycles. The van der Waals surface area contributed by atoms with E-state index in [1.807, 2.05) is 0 Å². The minimum absolute atomic E-state index is 0.439. The van der Waals surface area contributed by atoms with Crippen LogP contribution in [0.4, 0.5) is 0 Å². The smallest absolute Gasteiger partial charge is 0.125 e. The molecule has 1 atom stereocenters. The van der Waals surface area contributed by atoms with E-state index in [1.165, 1.54) is 0 Å². The van der Waals surface area contributed by atoms with Gasteiger partial charge in [-0.3, -0.25) is 0 Å². The molecule has 0 radical (unpaired) electrons. The van der Waals surface area contributed by atoms with Crippen LogP contribution < -0.4 is 4.74 Å². The van der Waals surface area contributed by atoms with Gasteiger partial charge < -0.3 is 19.3 Å². The zero-order valence-electron chi connectivity index (χ0n) is 11.4. The zero-order valence-corrected chi connectivity index (χ0v) is 12.2. The summed E-state index contributed by atoms with van der Waals surface area (Å²) >= 11 is 5.89. The van der Waals surface area contributed by atoms with Crippen LogP contribution in [0.1, 0.15) is 25.0 Å². The van der Waals surface area contributed by atoms with Crippen LogP contribution in [0.3, 0.4) is 0 Å². The van der Waals surface area contributed by atoms with Gasteiger partial charge in [0.15, 0.2) is 0 Å². The molecule has 0 saturated heterocycles. The van der Waals surface area contributed by atoms with Crippen LogP contribution in [-0.4, -0.2) is 38.6 Å². The molecular weight excluding hydrogens is 268 g/mol. The minimum Gasteiger partial charge on any atom is -0.491 e. The lowest BCUT2D eigenvalue weighted by Crippen LogP contribution is -2.10. The summed E-state index contributed by atoms with van der Waals surface area (Å²) in [6.07, 6.45) is 0.257. The van der Waals surface area contributed by atoms with Crippen molar-refractivity contribution in [3.8, 4) is 5.75 Å². The molecule has 1 N–H and O–H groups in total. The monoisotopic (exact) mass is 288 g/mol. The number of hydrogen-bond acceptors (Lipinski definition) is 4. The fourth-order valence-electron chi connectivity index (χ4n) is 1.60. The van der Waals surface area contributed by atoms with Crippen molar-refractivity contribution in [2.24, 2.45) is 0 Å². The first-order valence-corrected chi connectivity index (χ1v) is 6.70. The van der Waals surface area contributed by atoms with E-state index in [2.05, 4.69) is 0 Å². The predicted molar refractivity (Wildman–Crippen MR) is 74.9 cm³/mol. The van der Waals surface area contributed by atoms with Crippen LogP contribution in [0.5, 0.6) is 5.75 Å². The van der Waals surface area contributed by atoms with Crippen molar-refractivity contribution in [2.75, 3.05) is 33.5 Å².